The fraction of sp³-hybridized carbons (Fsp3) is 0.474. The second-order valence-electron chi connectivity index (χ2n) is 6.39. The summed E-state index contributed by atoms with van der Waals surface area (Å²) >= 11 is 3.56. The number of guanidine groups is 1. The molecule has 0 saturated carbocycles. The highest BCUT2D eigenvalue weighted by Crippen LogP contribution is 2.13. The minimum absolute atomic E-state index is 0. The zero-order chi connectivity index (χ0) is 19.8. The number of halogens is 1. The van der Waals surface area contributed by atoms with Gasteiger partial charge >= 0.3 is 0 Å². The standard InChI is InChI=1S/C19H27N7S2.HI/c1-4-15-12-22-18(28-15)8-10-21-19(20-9-7-16-6-5-11-27-16)23-13-17-25-24-14(2)26(17)3;/h5-6,11-12H,4,7-10,13H2,1-3H3,(H2,20,21,23);1H. The van der Waals surface area contributed by atoms with Gasteiger partial charge in [-0.2, -0.15) is 0 Å². The van der Waals surface area contributed by atoms with Crippen LogP contribution in [0.15, 0.2) is 28.7 Å². The first kappa shape index (κ1) is 23.7. The molecule has 7 nitrogen and oxygen atoms in total. The van der Waals surface area contributed by atoms with Crippen molar-refractivity contribution in [2.75, 3.05) is 13.1 Å². The van der Waals surface area contributed by atoms with Gasteiger partial charge in [0.2, 0.25) is 0 Å². The fourth-order valence-corrected chi connectivity index (χ4v) is 4.16. The Labute approximate surface area is 197 Å². The second-order valence-corrected chi connectivity index (χ2v) is 8.63. The van der Waals surface area contributed by atoms with Crippen molar-refractivity contribution >= 4 is 52.6 Å². The maximum absolute atomic E-state index is 4.70. The number of nitrogens with zero attached hydrogens (tertiary/aromatic N) is 5. The van der Waals surface area contributed by atoms with Gasteiger partial charge in [0.1, 0.15) is 12.4 Å². The molecule has 0 atom stereocenters. The summed E-state index contributed by atoms with van der Waals surface area (Å²) in [6, 6.07) is 4.24. The number of aliphatic imine (C=N–C) groups is 1. The highest BCUT2D eigenvalue weighted by Gasteiger charge is 2.06. The van der Waals surface area contributed by atoms with Gasteiger partial charge in [0.15, 0.2) is 11.8 Å². The molecule has 0 aliphatic heterocycles. The Bertz CT molecular complexity index is 886. The Kier molecular flexibility index (Phi) is 10.0. The van der Waals surface area contributed by atoms with Crippen molar-refractivity contribution in [2.45, 2.75) is 39.7 Å². The minimum Gasteiger partial charge on any atom is -0.356 e. The Balaban J connectivity index is 0.00000300. The average molecular weight is 546 g/mol. The van der Waals surface area contributed by atoms with Gasteiger partial charge in [-0.1, -0.05) is 13.0 Å². The van der Waals surface area contributed by atoms with Crippen LogP contribution in [0.2, 0.25) is 0 Å². The lowest BCUT2D eigenvalue weighted by molar-refractivity contribution is 0.745. The summed E-state index contributed by atoms with van der Waals surface area (Å²) in [5, 5.41) is 18.4. The molecule has 0 aliphatic rings. The van der Waals surface area contributed by atoms with Crippen LogP contribution in [0.1, 0.15) is 33.3 Å². The first-order chi connectivity index (χ1) is 13.7. The molecule has 0 radical (unpaired) electrons. The van der Waals surface area contributed by atoms with E-state index in [2.05, 4.69) is 50.3 Å². The Morgan fingerprint density at radius 3 is 2.59 bits per heavy atom. The number of thiophene rings is 1. The van der Waals surface area contributed by atoms with Gasteiger partial charge in [0.05, 0.1) is 5.01 Å². The van der Waals surface area contributed by atoms with Crippen LogP contribution in [0.3, 0.4) is 0 Å². The van der Waals surface area contributed by atoms with Gasteiger partial charge in [-0.05, 0) is 31.2 Å². The summed E-state index contributed by atoms with van der Waals surface area (Å²) in [6.45, 7) is 6.22. The van der Waals surface area contributed by atoms with Gasteiger partial charge in [-0.15, -0.1) is 56.8 Å². The first-order valence-electron chi connectivity index (χ1n) is 9.48. The zero-order valence-electron chi connectivity index (χ0n) is 17.0. The van der Waals surface area contributed by atoms with Crippen LogP contribution in [0.4, 0.5) is 0 Å². The quantitative estimate of drug-likeness (QED) is 0.245. The lowest BCUT2D eigenvalue weighted by Crippen LogP contribution is -2.39. The maximum atomic E-state index is 4.70. The lowest BCUT2D eigenvalue weighted by atomic mass is 10.3. The van der Waals surface area contributed by atoms with Crippen molar-refractivity contribution in [3.63, 3.8) is 0 Å². The third-order valence-electron chi connectivity index (χ3n) is 4.39. The molecule has 0 unspecified atom stereocenters. The van der Waals surface area contributed by atoms with Crippen molar-refractivity contribution < 1.29 is 0 Å². The molecule has 29 heavy (non-hydrogen) atoms. The molecule has 158 valence electrons. The Morgan fingerprint density at radius 2 is 1.97 bits per heavy atom. The molecule has 3 aromatic heterocycles. The molecule has 2 N–H and O–H groups in total. The summed E-state index contributed by atoms with van der Waals surface area (Å²) in [4.78, 5) is 11.9. The molecular weight excluding hydrogens is 517 g/mol. The van der Waals surface area contributed by atoms with Crippen molar-refractivity contribution in [2.24, 2.45) is 12.0 Å². The molecule has 3 rings (SSSR count). The van der Waals surface area contributed by atoms with Crippen molar-refractivity contribution in [1.82, 2.24) is 30.4 Å². The van der Waals surface area contributed by atoms with E-state index in [4.69, 9.17) is 4.99 Å². The van der Waals surface area contributed by atoms with E-state index >= 15 is 0 Å². The van der Waals surface area contributed by atoms with Crippen LogP contribution < -0.4 is 10.6 Å². The normalized spacial score (nSPS) is 11.3. The molecular formula is C19H28IN7S2. The molecule has 0 fully saturated rings. The van der Waals surface area contributed by atoms with Crippen molar-refractivity contribution in [3.8, 4) is 0 Å². The number of aryl methyl sites for hydroxylation is 2. The van der Waals surface area contributed by atoms with Crippen molar-refractivity contribution in [1.29, 1.82) is 0 Å². The van der Waals surface area contributed by atoms with Gasteiger partial charge < -0.3 is 15.2 Å². The first-order valence-corrected chi connectivity index (χ1v) is 11.2. The summed E-state index contributed by atoms with van der Waals surface area (Å²) < 4.78 is 1.97. The predicted octanol–water partition coefficient (Wildman–Crippen LogP) is 3.34. The summed E-state index contributed by atoms with van der Waals surface area (Å²) in [5.41, 5.74) is 0. The molecule has 0 amide bonds. The zero-order valence-corrected chi connectivity index (χ0v) is 21.0. The number of hydrogen-bond donors (Lipinski definition) is 2. The molecule has 0 saturated heterocycles. The third kappa shape index (κ3) is 7.34. The van der Waals surface area contributed by atoms with Crippen LogP contribution in [0.25, 0.3) is 0 Å². The van der Waals surface area contributed by atoms with E-state index < -0.39 is 0 Å². The molecule has 0 bridgehead atoms. The molecule has 0 spiro atoms. The van der Waals surface area contributed by atoms with E-state index in [0.717, 1.165) is 55.0 Å². The van der Waals surface area contributed by atoms with E-state index in [1.165, 1.54) is 9.75 Å². The molecule has 3 aromatic rings. The second kappa shape index (κ2) is 12.2. The van der Waals surface area contributed by atoms with Crippen LogP contribution in [0, 0.1) is 6.92 Å². The van der Waals surface area contributed by atoms with Crippen LogP contribution in [-0.4, -0.2) is 38.8 Å². The Morgan fingerprint density at radius 1 is 1.17 bits per heavy atom. The predicted molar refractivity (Wildman–Crippen MR) is 132 cm³/mol. The topological polar surface area (TPSA) is 80.0 Å². The molecule has 0 aromatic carbocycles. The number of nitrogens with one attached hydrogen (secondary N) is 2. The van der Waals surface area contributed by atoms with E-state index in [0.29, 0.717) is 6.54 Å². The van der Waals surface area contributed by atoms with Gasteiger partial charge in [0, 0.05) is 42.5 Å². The third-order valence-corrected chi connectivity index (χ3v) is 6.52. The van der Waals surface area contributed by atoms with Gasteiger partial charge in [-0.3, -0.25) is 0 Å². The van der Waals surface area contributed by atoms with Crippen LogP contribution in [-0.2, 0) is 32.9 Å². The highest BCUT2D eigenvalue weighted by atomic mass is 127. The van der Waals surface area contributed by atoms with Gasteiger partial charge in [0.25, 0.3) is 0 Å². The molecule has 0 aliphatic carbocycles. The summed E-state index contributed by atoms with van der Waals surface area (Å²) in [7, 11) is 1.96. The lowest BCUT2D eigenvalue weighted by Gasteiger charge is -2.12. The Hall–Kier alpha value is -1.53. The van der Waals surface area contributed by atoms with Crippen LogP contribution in [0.5, 0.6) is 0 Å². The largest absolute Gasteiger partial charge is 0.356 e. The van der Waals surface area contributed by atoms with E-state index in [9.17, 15) is 0 Å². The smallest absolute Gasteiger partial charge is 0.191 e. The van der Waals surface area contributed by atoms with E-state index in [-0.39, 0.29) is 24.0 Å². The summed E-state index contributed by atoms with van der Waals surface area (Å²) in [6.07, 6.45) is 4.89. The molecule has 10 heteroatoms. The fourth-order valence-electron chi connectivity index (χ4n) is 2.59. The van der Waals surface area contributed by atoms with E-state index in [1.54, 1.807) is 22.7 Å². The maximum Gasteiger partial charge on any atom is 0.191 e. The number of aromatic nitrogens is 4. The van der Waals surface area contributed by atoms with Crippen molar-refractivity contribution in [3.05, 3.63) is 50.1 Å². The van der Waals surface area contributed by atoms with E-state index in [1.807, 2.05) is 24.7 Å². The number of thiazole rings is 1. The van der Waals surface area contributed by atoms with Crippen LogP contribution >= 0.6 is 46.7 Å². The monoisotopic (exact) mass is 545 g/mol. The number of rotatable bonds is 9. The highest BCUT2D eigenvalue weighted by molar-refractivity contribution is 14.0. The molecule has 3 heterocycles. The number of hydrogen-bond acceptors (Lipinski definition) is 6. The summed E-state index contributed by atoms with van der Waals surface area (Å²) in [5.74, 6) is 2.54. The minimum atomic E-state index is 0. The average Bonchev–Trinajstić information content (AvgIpc) is 3.43. The SMILES string of the molecule is CCc1cnc(CCNC(=NCc2nnc(C)n2C)NCCc2cccs2)s1.I. The van der Waals surface area contributed by atoms with Gasteiger partial charge in [-0.25, -0.2) is 9.98 Å².